The van der Waals surface area contributed by atoms with Gasteiger partial charge >= 0.3 is 26.2 Å². The molecule has 20 heavy (non-hydrogen) atoms. The summed E-state index contributed by atoms with van der Waals surface area (Å²) in [6, 6.07) is 8.18. The Hall–Kier alpha value is 0.543. The fourth-order valence-corrected chi connectivity index (χ4v) is 2.68. The van der Waals surface area contributed by atoms with E-state index in [0.717, 1.165) is 15.9 Å². The van der Waals surface area contributed by atoms with Crippen LogP contribution in [0.3, 0.4) is 0 Å². The molecule has 2 aromatic carbocycles. The van der Waals surface area contributed by atoms with Crippen molar-refractivity contribution in [2.75, 3.05) is 0 Å². The molecular formula is C15H12BrCl3Zr. The third-order valence-electron chi connectivity index (χ3n) is 2.47. The van der Waals surface area contributed by atoms with E-state index in [4.69, 9.17) is 11.6 Å². The van der Waals surface area contributed by atoms with Gasteiger partial charge in [0.1, 0.15) is 0 Å². The second-order valence-corrected chi connectivity index (χ2v) is 5.22. The fraction of sp³-hybridized carbons (Fsp3) is 0.133. The predicted molar refractivity (Wildman–Crippen MR) is 78.6 cm³/mol. The zero-order valence-electron chi connectivity index (χ0n) is 10.8. The van der Waals surface area contributed by atoms with E-state index in [2.05, 4.69) is 47.1 Å². The van der Waals surface area contributed by atoms with Crippen LogP contribution in [-0.4, -0.2) is 0 Å². The predicted octanol–water partition coefficient (Wildman–Crippen LogP) is -0.406. The summed E-state index contributed by atoms with van der Waals surface area (Å²) in [5.74, 6) is 0. The number of hydrogen-bond donors (Lipinski definition) is 0. The number of hydrogen-bond acceptors (Lipinski definition) is 0. The van der Waals surface area contributed by atoms with E-state index in [9.17, 15) is 0 Å². The number of allylic oxidation sites excluding steroid dienone is 4. The van der Waals surface area contributed by atoms with Gasteiger partial charge in [-0.3, -0.25) is 6.08 Å². The van der Waals surface area contributed by atoms with Crippen LogP contribution in [0.1, 0.15) is 12.0 Å². The van der Waals surface area contributed by atoms with Crippen molar-refractivity contribution in [3.8, 4) is 0 Å². The summed E-state index contributed by atoms with van der Waals surface area (Å²) in [5.41, 5.74) is 1.27. The Morgan fingerprint density at radius 3 is 2.45 bits per heavy atom. The van der Waals surface area contributed by atoms with E-state index in [1.807, 2.05) is 24.3 Å². The molecule has 2 aromatic rings. The Balaban J connectivity index is 0. The Morgan fingerprint density at radius 2 is 1.95 bits per heavy atom. The van der Waals surface area contributed by atoms with Crippen molar-refractivity contribution < 1.29 is 51.0 Å². The van der Waals surface area contributed by atoms with Gasteiger partial charge in [0, 0.05) is 5.02 Å². The molecule has 0 fully saturated rings. The van der Waals surface area contributed by atoms with E-state index in [-0.39, 0.29) is 51.0 Å². The molecule has 0 unspecified atom stereocenters. The average molecular weight is 470 g/mol. The quantitative estimate of drug-likeness (QED) is 0.461. The Kier molecular flexibility index (Phi) is 12.7. The van der Waals surface area contributed by atoms with E-state index in [0.29, 0.717) is 0 Å². The number of benzene rings is 1. The van der Waals surface area contributed by atoms with Crippen LogP contribution in [0.25, 0.3) is 10.8 Å². The Morgan fingerprint density at radius 1 is 1.25 bits per heavy atom. The minimum atomic E-state index is 0. The molecule has 5 heteroatoms. The van der Waals surface area contributed by atoms with Gasteiger partial charge < -0.3 is 24.8 Å². The number of fused-ring (bicyclic) bond motifs is 1. The van der Waals surface area contributed by atoms with Gasteiger partial charge in [-0.05, 0) is 10.5 Å². The average Bonchev–Trinajstić information content (AvgIpc) is 2.88. The Bertz CT molecular complexity index is 578. The number of aryl methyl sites for hydroxylation is 1. The van der Waals surface area contributed by atoms with Crippen LogP contribution >= 0.6 is 27.5 Å². The monoisotopic (exact) mass is 466 g/mol. The second kappa shape index (κ2) is 11.2. The van der Waals surface area contributed by atoms with E-state index >= 15 is 0 Å². The van der Waals surface area contributed by atoms with Crippen LogP contribution in [0.15, 0.2) is 47.0 Å². The van der Waals surface area contributed by atoms with Crippen molar-refractivity contribution in [3.63, 3.8) is 0 Å². The molecule has 0 atom stereocenters. The number of halogens is 4. The van der Waals surface area contributed by atoms with Crippen molar-refractivity contribution in [2.24, 2.45) is 0 Å². The minimum Gasteiger partial charge on any atom is -1.00 e. The first-order valence-corrected chi connectivity index (χ1v) is 6.58. The molecule has 0 N–H and O–H groups in total. The number of rotatable bonds is 0. The van der Waals surface area contributed by atoms with Gasteiger partial charge in [-0.1, -0.05) is 34.5 Å². The van der Waals surface area contributed by atoms with Crippen LogP contribution in [0.2, 0.25) is 5.02 Å². The summed E-state index contributed by atoms with van der Waals surface area (Å²) < 4.78 is 1.07. The molecule has 0 heterocycles. The van der Waals surface area contributed by atoms with Gasteiger partial charge in [0.05, 0.1) is 0 Å². The third-order valence-corrected chi connectivity index (χ3v) is 3.34. The maximum Gasteiger partial charge on any atom is 4.00 e. The molecule has 3 rings (SSSR count). The van der Waals surface area contributed by atoms with Gasteiger partial charge in [-0.15, -0.1) is 34.9 Å². The van der Waals surface area contributed by atoms with Crippen molar-refractivity contribution in [3.05, 3.63) is 63.6 Å². The molecule has 1 aliphatic rings. The topological polar surface area (TPSA) is 0 Å². The summed E-state index contributed by atoms with van der Waals surface area (Å²) in [6.45, 7) is 2.08. The SMILES string of the molecule is Cc1cc2c(Br)cc(Cl)cc2[cH-]1.[C-]1=CC=CC1.[Cl-].[Cl-].[Zr+4]. The first kappa shape index (κ1) is 22.8. The largest absolute Gasteiger partial charge is 4.00 e. The van der Waals surface area contributed by atoms with E-state index in [1.165, 1.54) is 16.3 Å². The zero-order chi connectivity index (χ0) is 12.3. The molecule has 104 valence electrons. The van der Waals surface area contributed by atoms with Crippen molar-refractivity contribution in [1.82, 2.24) is 0 Å². The third kappa shape index (κ3) is 6.54. The van der Waals surface area contributed by atoms with Crippen LogP contribution in [-0.2, 0) is 26.2 Å². The summed E-state index contributed by atoms with van der Waals surface area (Å²) >= 11 is 9.38. The van der Waals surface area contributed by atoms with Crippen LogP contribution in [0.4, 0.5) is 0 Å². The zero-order valence-corrected chi connectivity index (χ0v) is 17.1. The molecule has 0 spiro atoms. The summed E-state index contributed by atoms with van der Waals surface area (Å²) in [5, 5.41) is 3.21. The maximum absolute atomic E-state index is 5.90. The summed E-state index contributed by atoms with van der Waals surface area (Å²) in [7, 11) is 0. The summed E-state index contributed by atoms with van der Waals surface area (Å²) in [4.78, 5) is 0. The molecule has 0 saturated carbocycles. The van der Waals surface area contributed by atoms with E-state index in [1.54, 1.807) is 0 Å². The standard InChI is InChI=1S/C10H7BrCl.C5H5.2ClH.Zr/c1-6-2-7-4-8(12)5-10(11)9(7)3-6;1-2-4-5-3-1;;;/h2-5H,1H3;1-3H,4H2;2*1H;/q2*-1;;;+4/p-2. The van der Waals surface area contributed by atoms with Gasteiger partial charge in [-0.25, -0.2) is 12.2 Å². The van der Waals surface area contributed by atoms with Crippen molar-refractivity contribution in [1.29, 1.82) is 0 Å². The van der Waals surface area contributed by atoms with Gasteiger partial charge in [0.2, 0.25) is 0 Å². The maximum atomic E-state index is 5.90. The van der Waals surface area contributed by atoms with Crippen LogP contribution < -0.4 is 24.8 Å². The van der Waals surface area contributed by atoms with E-state index < -0.39 is 0 Å². The van der Waals surface area contributed by atoms with Crippen LogP contribution in [0.5, 0.6) is 0 Å². The smallest absolute Gasteiger partial charge is 1.00 e. The first-order valence-electron chi connectivity index (χ1n) is 5.40. The molecule has 0 nitrogen and oxygen atoms in total. The molecule has 1 aliphatic carbocycles. The normalized spacial score (nSPS) is 10.9. The molecule has 0 aliphatic heterocycles. The molecular weight excluding hydrogens is 458 g/mol. The van der Waals surface area contributed by atoms with Gasteiger partial charge in [0.25, 0.3) is 0 Å². The minimum absolute atomic E-state index is 0. The Labute approximate surface area is 165 Å². The molecule has 0 radical (unpaired) electrons. The van der Waals surface area contributed by atoms with Crippen molar-refractivity contribution >= 4 is 38.3 Å². The van der Waals surface area contributed by atoms with Gasteiger partial charge in [0.15, 0.2) is 0 Å². The second-order valence-electron chi connectivity index (χ2n) is 3.93. The molecule has 0 amide bonds. The van der Waals surface area contributed by atoms with Crippen molar-refractivity contribution in [2.45, 2.75) is 13.3 Å². The molecule has 0 saturated heterocycles. The fourth-order valence-electron chi connectivity index (χ4n) is 1.73. The van der Waals surface area contributed by atoms with Gasteiger partial charge in [-0.2, -0.15) is 12.1 Å². The first-order chi connectivity index (χ1) is 8.16. The van der Waals surface area contributed by atoms with Crippen LogP contribution in [0, 0.1) is 13.0 Å². The molecule has 0 bridgehead atoms. The molecule has 0 aromatic heterocycles. The summed E-state index contributed by atoms with van der Waals surface area (Å²) in [6.07, 6.45) is 10.0.